The van der Waals surface area contributed by atoms with Gasteiger partial charge >= 0.3 is 39.5 Å². The van der Waals surface area contributed by atoms with Gasteiger partial charge in [0.2, 0.25) is 0 Å². The Kier molecular flexibility index (Phi) is 63.4. The van der Waals surface area contributed by atoms with Gasteiger partial charge in [0.1, 0.15) is 19.3 Å². The van der Waals surface area contributed by atoms with Gasteiger partial charge in [-0.1, -0.05) is 325 Å². The maximum absolute atomic E-state index is 13.1. The maximum atomic E-state index is 13.1. The monoisotopic (exact) mass is 1370 g/mol. The summed E-state index contributed by atoms with van der Waals surface area (Å²) in [5.41, 5.74) is 0. The molecule has 5 atom stereocenters. The van der Waals surface area contributed by atoms with E-state index in [0.29, 0.717) is 31.6 Å². The van der Waals surface area contributed by atoms with Crippen LogP contribution in [0.15, 0.2) is 0 Å². The molecule has 3 N–H and O–H groups in total. The van der Waals surface area contributed by atoms with Crippen molar-refractivity contribution in [1.29, 1.82) is 0 Å². The fraction of sp³-hybridized carbons (Fsp3) is 0.946. The molecule has 0 aliphatic heterocycles. The Bertz CT molecular complexity index is 1820. The van der Waals surface area contributed by atoms with Crippen LogP contribution in [-0.4, -0.2) is 96.7 Å². The highest BCUT2D eigenvalue weighted by atomic mass is 31.2. The van der Waals surface area contributed by atoms with E-state index < -0.39 is 97.5 Å². The summed E-state index contributed by atoms with van der Waals surface area (Å²) in [6.07, 6.45) is 50.3. The standard InChI is InChI=1S/C74H144O17P2/c1-8-9-10-11-31-41-48-55-71(76)84-61-69(91-74(79)58-51-44-37-30-34-40-47-54-67(6)7)63-88-92(80,81)86-59-68(75)60-87-93(82,83)89-64-70(62-85-72(77)56-49-42-35-28-24-21-20-23-27-33-39-46-53-66(4)5)90-73(78)57-50-43-36-29-25-19-17-15-13-12-14-16-18-22-26-32-38-45-52-65(2)3/h65-70,75H,8-64H2,1-7H3,(H,80,81)(H,82,83)/t68-,69+,70+/m0/s1. The number of unbranched alkanes of at least 4 members (excludes halogenated alkanes) is 40. The minimum atomic E-state index is -4.96. The highest BCUT2D eigenvalue weighted by Crippen LogP contribution is 2.45. The summed E-state index contributed by atoms with van der Waals surface area (Å²) >= 11 is 0. The van der Waals surface area contributed by atoms with Crippen molar-refractivity contribution in [3.63, 3.8) is 0 Å². The minimum absolute atomic E-state index is 0.103. The van der Waals surface area contributed by atoms with E-state index in [1.165, 1.54) is 173 Å². The third kappa shape index (κ3) is 68.4. The molecule has 0 saturated carbocycles. The second kappa shape index (κ2) is 64.7. The maximum Gasteiger partial charge on any atom is 0.472 e. The number of aliphatic hydroxyl groups is 1. The number of carbonyl (C=O) groups excluding carboxylic acids is 4. The van der Waals surface area contributed by atoms with Crippen LogP contribution in [0.3, 0.4) is 0 Å². The van der Waals surface area contributed by atoms with Gasteiger partial charge in [-0.15, -0.1) is 0 Å². The smallest absolute Gasteiger partial charge is 0.462 e. The molecule has 0 saturated heterocycles. The molecule has 19 heteroatoms. The van der Waals surface area contributed by atoms with Crippen LogP contribution < -0.4 is 0 Å². The molecule has 0 aliphatic carbocycles. The van der Waals surface area contributed by atoms with Crippen molar-refractivity contribution < 1.29 is 80.2 Å². The molecule has 2 unspecified atom stereocenters. The molecule has 0 aliphatic rings. The van der Waals surface area contributed by atoms with Crippen LogP contribution in [0.4, 0.5) is 0 Å². The lowest BCUT2D eigenvalue weighted by atomic mass is 10.0. The average molecular weight is 1370 g/mol. The summed E-state index contributed by atoms with van der Waals surface area (Å²) in [5.74, 6) is 0.170. The molecule has 93 heavy (non-hydrogen) atoms. The number of phosphoric acid groups is 2. The van der Waals surface area contributed by atoms with Crippen LogP contribution in [0.1, 0.15) is 376 Å². The fourth-order valence-electron chi connectivity index (χ4n) is 11.2. The van der Waals surface area contributed by atoms with Crippen LogP contribution in [0.2, 0.25) is 0 Å². The molecule has 0 radical (unpaired) electrons. The van der Waals surface area contributed by atoms with Crippen molar-refractivity contribution in [2.24, 2.45) is 17.8 Å². The van der Waals surface area contributed by atoms with Gasteiger partial charge in [0.25, 0.3) is 0 Å². The third-order valence-electron chi connectivity index (χ3n) is 17.1. The molecule has 0 aromatic rings. The number of esters is 4. The lowest BCUT2D eigenvalue weighted by molar-refractivity contribution is -0.161. The van der Waals surface area contributed by atoms with Crippen LogP contribution in [0, 0.1) is 17.8 Å². The highest BCUT2D eigenvalue weighted by Gasteiger charge is 2.30. The molecular weight excluding hydrogens is 1220 g/mol. The molecule has 0 bridgehead atoms. The predicted octanol–water partition coefficient (Wildman–Crippen LogP) is 21.4. The SMILES string of the molecule is CCCCCCCCCC(=O)OC[C@H](COP(=O)(O)OC[C@H](O)COP(=O)(O)OC[C@@H](COC(=O)CCCCCCCCCCCCCCC(C)C)OC(=O)CCCCCCCCCCCCCCCCCCCCC(C)C)OC(=O)CCCCCCCCCC(C)C. The Labute approximate surface area is 568 Å². The topological polar surface area (TPSA) is 237 Å². The zero-order valence-corrected chi connectivity index (χ0v) is 62.5. The Hall–Kier alpha value is -1.94. The van der Waals surface area contributed by atoms with Crippen LogP contribution in [0.5, 0.6) is 0 Å². The molecule has 0 aromatic heterocycles. The van der Waals surface area contributed by atoms with Gasteiger partial charge in [-0.3, -0.25) is 37.3 Å². The molecular formula is C74H144O17P2. The third-order valence-corrected chi connectivity index (χ3v) is 19.0. The largest absolute Gasteiger partial charge is 0.472 e. The summed E-state index contributed by atoms with van der Waals surface area (Å²) < 4.78 is 68.3. The quantitative estimate of drug-likeness (QED) is 0.0222. The summed E-state index contributed by atoms with van der Waals surface area (Å²) in [7, 11) is -9.90. The van der Waals surface area contributed by atoms with E-state index in [1.807, 2.05) is 0 Å². The van der Waals surface area contributed by atoms with Gasteiger partial charge < -0.3 is 33.8 Å². The first-order valence-corrected chi connectivity index (χ1v) is 41.3. The second-order valence-electron chi connectivity index (χ2n) is 28.1. The van der Waals surface area contributed by atoms with Crippen molar-refractivity contribution in [3.05, 3.63) is 0 Å². The summed E-state index contributed by atoms with van der Waals surface area (Å²) in [4.78, 5) is 72.5. The fourth-order valence-corrected chi connectivity index (χ4v) is 12.8. The molecule has 0 rings (SSSR count). The minimum Gasteiger partial charge on any atom is -0.462 e. The van der Waals surface area contributed by atoms with Crippen molar-refractivity contribution in [3.8, 4) is 0 Å². The first kappa shape index (κ1) is 91.1. The van der Waals surface area contributed by atoms with E-state index >= 15 is 0 Å². The number of ether oxygens (including phenoxy) is 4. The molecule has 552 valence electrons. The second-order valence-corrected chi connectivity index (χ2v) is 31.0. The van der Waals surface area contributed by atoms with Gasteiger partial charge in [-0.2, -0.15) is 0 Å². The van der Waals surface area contributed by atoms with Crippen molar-refractivity contribution in [1.82, 2.24) is 0 Å². The van der Waals surface area contributed by atoms with Crippen LogP contribution in [0.25, 0.3) is 0 Å². The van der Waals surface area contributed by atoms with Crippen LogP contribution >= 0.6 is 15.6 Å². The van der Waals surface area contributed by atoms with Gasteiger partial charge in [-0.25, -0.2) is 9.13 Å². The van der Waals surface area contributed by atoms with Crippen LogP contribution in [-0.2, 0) is 65.4 Å². The van der Waals surface area contributed by atoms with E-state index in [-0.39, 0.29) is 25.7 Å². The van der Waals surface area contributed by atoms with E-state index in [1.54, 1.807) is 0 Å². The Morgan fingerprint density at radius 1 is 0.290 bits per heavy atom. The van der Waals surface area contributed by atoms with Crippen molar-refractivity contribution >= 4 is 39.5 Å². The Balaban J connectivity index is 5.16. The number of rotatable bonds is 72. The van der Waals surface area contributed by atoms with Gasteiger partial charge in [0.15, 0.2) is 12.2 Å². The molecule has 0 aromatic carbocycles. The number of carbonyl (C=O) groups is 4. The summed E-state index contributed by atoms with van der Waals surface area (Å²) in [5, 5.41) is 10.6. The molecule has 0 fully saturated rings. The average Bonchev–Trinajstić information content (AvgIpc) is 1.66. The lowest BCUT2D eigenvalue weighted by Crippen LogP contribution is -2.30. The van der Waals surface area contributed by atoms with Gasteiger partial charge in [0, 0.05) is 25.7 Å². The van der Waals surface area contributed by atoms with E-state index in [9.17, 15) is 43.2 Å². The summed E-state index contributed by atoms with van der Waals surface area (Å²) in [6.45, 7) is 11.8. The number of hydrogen-bond donors (Lipinski definition) is 3. The molecule has 0 spiro atoms. The molecule has 0 heterocycles. The Morgan fingerprint density at radius 3 is 0.731 bits per heavy atom. The first-order valence-electron chi connectivity index (χ1n) is 38.3. The molecule has 0 amide bonds. The normalized spacial score (nSPS) is 14.1. The van der Waals surface area contributed by atoms with Crippen molar-refractivity contribution in [2.45, 2.75) is 394 Å². The van der Waals surface area contributed by atoms with Gasteiger partial charge in [0.05, 0.1) is 26.4 Å². The first-order chi connectivity index (χ1) is 44.7. The lowest BCUT2D eigenvalue weighted by Gasteiger charge is -2.21. The predicted molar refractivity (Wildman–Crippen MR) is 377 cm³/mol. The van der Waals surface area contributed by atoms with E-state index in [4.69, 9.17) is 37.0 Å². The van der Waals surface area contributed by atoms with Gasteiger partial charge in [-0.05, 0) is 43.4 Å². The number of hydrogen-bond acceptors (Lipinski definition) is 15. The van der Waals surface area contributed by atoms with E-state index in [0.717, 1.165) is 115 Å². The van der Waals surface area contributed by atoms with Crippen molar-refractivity contribution in [2.75, 3.05) is 39.6 Å². The Morgan fingerprint density at radius 2 is 0.495 bits per heavy atom. The number of phosphoric ester groups is 2. The van der Waals surface area contributed by atoms with E-state index in [2.05, 4.69) is 48.5 Å². The summed E-state index contributed by atoms with van der Waals surface area (Å²) in [6, 6.07) is 0. The zero-order valence-electron chi connectivity index (χ0n) is 60.7. The molecule has 17 nitrogen and oxygen atoms in total. The number of aliphatic hydroxyl groups excluding tert-OH is 1. The zero-order chi connectivity index (χ0) is 68.7. The highest BCUT2D eigenvalue weighted by molar-refractivity contribution is 7.47.